The van der Waals surface area contributed by atoms with Crippen LogP contribution in [0.1, 0.15) is 30.1 Å². The van der Waals surface area contributed by atoms with Crippen LogP contribution >= 0.6 is 0 Å². The van der Waals surface area contributed by atoms with Crippen LogP contribution in [0.5, 0.6) is 0 Å². The third-order valence-electron chi connectivity index (χ3n) is 2.53. The van der Waals surface area contributed by atoms with Crippen LogP contribution in [0.2, 0.25) is 0 Å². The second-order valence-electron chi connectivity index (χ2n) is 3.41. The summed E-state index contributed by atoms with van der Waals surface area (Å²) in [6, 6.07) is 7.75. The minimum atomic E-state index is -0.702. The Morgan fingerprint density at radius 3 is 3.00 bits per heavy atom. The zero-order valence-corrected chi connectivity index (χ0v) is 7.68. The molecule has 1 aromatic rings. The molecule has 1 atom stereocenters. The molecular weight excluding hydrogens is 182 g/mol. The van der Waals surface area contributed by atoms with Crippen LogP contribution in [0.4, 0.5) is 0 Å². The van der Waals surface area contributed by atoms with E-state index in [1.807, 2.05) is 24.3 Å². The summed E-state index contributed by atoms with van der Waals surface area (Å²) in [6.45, 7) is 0. The van der Waals surface area contributed by atoms with E-state index in [0.717, 1.165) is 24.8 Å². The van der Waals surface area contributed by atoms with E-state index in [1.54, 1.807) is 0 Å². The van der Waals surface area contributed by atoms with Gasteiger partial charge in [-0.3, -0.25) is 0 Å². The zero-order chi connectivity index (χ0) is 9.97. The minimum absolute atomic E-state index is 0.366. The molecule has 0 heterocycles. The lowest BCUT2D eigenvalue weighted by Gasteiger charge is -2.23. The molecule has 0 bridgehead atoms. The molecule has 4 heteroatoms. The molecule has 0 amide bonds. The van der Waals surface area contributed by atoms with Crippen LogP contribution in [-0.2, 0) is 11.3 Å². The summed E-state index contributed by atoms with van der Waals surface area (Å²) in [6.07, 6.45) is 2.32. The highest BCUT2D eigenvalue weighted by Gasteiger charge is 2.22. The van der Waals surface area contributed by atoms with Crippen LogP contribution in [-0.4, -0.2) is 5.09 Å². The molecule has 0 saturated heterocycles. The molecule has 0 aliphatic heterocycles. The molecular formula is C10H11NO3. The Morgan fingerprint density at radius 2 is 2.21 bits per heavy atom. The van der Waals surface area contributed by atoms with Gasteiger partial charge < -0.3 is 4.84 Å². The normalized spacial score (nSPS) is 19.9. The van der Waals surface area contributed by atoms with Crippen LogP contribution in [0.25, 0.3) is 0 Å². The predicted molar refractivity (Wildman–Crippen MR) is 50.2 cm³/mol. The second kappa shape index (κ2) is 3.65. The van der Waals surface area contributed by atoms with E-state index in [1.165, 1.54) is 5.56 Å². The largest absolute Gasteiger partial charge is 0.306 e. The smallest absolute Gasteiger partial charge is 0.295 e. The van der Waals surface area contributed by atoms with Crippen LogP contribution in [0.15, 0.2) is 24.3 Å². The number of hydrogen-bond acceptors (Lipinski definition) is 3. The first-order valence-electron chi connectivity index (χ1n) is 4.66. The van der Waals surface area contributed by atoms with Crippen molar-refractivity contribution in [2.75, 3.05) is 0 Å². The van der Waals surface area contributed by atoms with Crippen molar-refractivity contribution in [3.05, 3.63) is 45.5 Å². The Balaban J connectivity index is 2.26. The van der Waals surface area contributed by atoms with E-state index in [2.05, 4.69) is 4.84 Å². The van der Waals surface area contributed by atoms with Gasteiger partial charge in [-0.05, 0) is 30.4 Å². The Kier molecular flexibility index (Phi) is 2.35. The molecule has 0 spiro atoms. The van der Waals surface area contributed by atoms with Crippen molar-refractivity contribution in [1.29, 1.82) is 0 Å². The molecule has 14 heavy (non-hydrogen) atoms. The van der Waals surface area contributed by atoms with E-state index < -0.39 is 5.09 Å². The first kappa shape index (κ1) is 8.99. The lowest BCUT2D eigenvalue weighted by Crippen LogP contribution is -2.15. The van der Waals surface area contributed by atoms with Gasteiger partial charge in [-0.2, -0.15) is 0 Å². The van der Waals surface area contributed by atoms with Gasteiger partial charge in [0.05, 0.1) is 0 Å². The van der Waals surface area contributed by atoms with Gasteiger partial charge in [0.25, 0.3) is 5.09 Å². The molecule has 0 N–H and O–H groups in total. The summed E-state index contributed by atoms with van der Waals surface area (Å²) in [5, 5.41) is 9.56. The molecule has 2 rings (SSSR count). The molecule has 1 unspecified atom stereocenters. The third-order valence-corrected chi connectivity index (χ3v) is 2.53. The molecule has 0 saturated carbocycles. The van der Waals surface area contributed by atoms with Crippen LogP contribution in [0, 0.1) is 10.1 Å². The molecule has 0 fully saturated rings. The standard InChI is InChI=1S/C10H11NO3/c12-11(13)14-10-7-3-5-8-4-1-2-6-9(8)10/h1-2,4,6,10H,3,5,7H2. The number of benzene rings is 1. The Morgan fingerprint density at radius 1 is 1.43 bits per heavy atom. The van der Waals surface area contributed by atoms with E-state index in [0.29, 0.717) is 0 Å². The summed E-state index contributed by atoms with van der Waals surface area (Å²) >= 11 is 0. The van der Waals surface area contributed by atoms with Crippen molar-refractivity contribution in [3.63, 3.8) is 0 Å². The first-order valence-corrected chi connectivity index (χ1v) is 4.66. The molecule has 0 aromatic heterocycles. The Bertz CT molecular complexity index is 351. The van der Waals surface area contributed by atoms with Crippen molar-refractivity contribution in [1.82, 2.24) is 0 Å². The lowest BCUT2D eigenvalue weighted by molar-refractivity contribution is -0.771. The van der Waals surface area contributed by atoms with Gasteiger partial charge in [0.2, 0.25) is 0 Å². The van der Waals surface area contributed by atoms with Crippen molar-refractivity contribution in [2.45, 2.75) is 25.4 Å². The van der Waals surface area contributed by atoms with Gasteiger partial charge in [0.15, 0.2) is 0 Å². The van der Waals surface area contributed by atoms with Crippen molar-refractivity contribution < 1.29 is 9.92 Å². The number of hydrogen-bond donors (Lipinski definition) is 0. The topological polar surface area (TPSA) is 52.4 Å². The maximum absolute atomic E-state index is 10.3. The van der Waals surface area contributed by atoms with Gasteiger partial charge in [-0.15, -0.1) is 10.1 Å². The fraction of sp³-hybridized carbons (Fsp3) is 0.400. The lowest BCUT2D eigenvalue weighted by atomic mass is 9.90. The maximum Gasteiger partial charge on any atom is 0.295 e. The first-order chi connectivity index (χ1) is 6.77. The van der Waals surface area contributed by atoms with Gasteiger partial charge >= 0.3 is 0 Å². The predicted octanol–water partition coefficient (Wildman–Crippen LogP) is 2.27. The quantitative estimate of drug-likeness (QED) is 0.534. The molecule has 1 aromatic carbocycles. The molecule has 0 radical (unpaired) electrons. The highest BCUT2D eigenvalue weighted by atomic mass is 17.0. The van der Waals surface area contributed by atoms with E-state index >= 15 is 0 Å². The fourth-order valence-electron chi connectivity index (χ4n) is 1.92. The summed E-state index contributed by atoms with van der Waals surface area (Å²) in [5.41, 5.74) is 2.14. The van der Waals surface area contributed by atoms with Gasteiger partial charge in [0.1, 0.15) is 6.10 Å². The summed E-state index contributed by atoms with van der Waals surface area (Å²) in [7, 11) is 0. The molecule has 74 valence electrons. The average molecular weight is 193 g/mol. The van der Waals surface area contributed by atoms with E-state index in [-0.39, 0.29) is 6.10 Å². The molecule has 4 nitrogen and oxygen atoms in total. The van der Waals surface area contributed by atoms with Crippen molar-refractivity contribution in [3.8, 4) is 0 Å². The Labute approximate surface area is 81.6 Å². The van der Waals surface area contributed by atoms with Crippen molar-refractivity contribution >= 4 is 0 Å². The number of fused-ring (bicyclic) bond motifs is 1. The van der Waals surface area contributed by atoms with Crippen LogP contribution < -0.4 is 0 Å². The molecule has 1 aliphatic rings. The van der Waals surface area contributed by atoms with Gasteiger partial charge in [-0.1, -0.05) is 24.3 Å². The monoisotopic (exact) mass is 193 g/mol. The average Bonchev–Trinajstić information content (AvgIpc) is 2.18. The number of aryl methyl sites for hydroxylation is 1. The Hall–Kier alpha value is -1.58. The van der Waals surface area contributed by atoms with Gasteiger partial charge in [-0.25, -0.2) is 0 Å². The SMILES string of the molecule is O=[N+]([O-])OC1CCCc2ccccc21. The van der Waals surface area contributed by atoms with E-state index in [9.17, 15) is 10.1 Å². The minimum Gasteiger partial charge on any atom is -0.306 e. The summed E-state index contributed by atoms with van der Waals surface area (Å²) in [4.78, 5) is 14.9. The number of rotatable bonds is 2. The highest BCUT2D eigenvalue weighted by molar-refractivity contribution is 5.30. The zero-order valence-electron chi connectivity index (χ0n) is 7.68. The van der Waals surface area contributed by atoms with Gasteiger partial charge in [0, 0.05) is 0 Å². The third kappa shape index (κ3) is 1.69. The fourth-order valence-corrected chi connectivity index (χ4v) is 1.92. The van der Waals surface area contributed by atoms with Crippen molar-refractivity contribution in [2.24, 2.45) is 0 Å². The summed E-state index contributed by atoms with van der Waals surface area (Å²) < 4.78 is 0. The highest BCUT2D eigenvalue weighted by Crippen LogP contribution is 2.31. The molecule has 1 aliphatic carbocycles. The van der Waals surface area contributed by atoms with E-state index in [4.69, 9.17) is 0 Å². The van der Waals surface area contributed by atoms with Crippen LogP contribution in [0.3, 0.4) is 0 Å². The second-order valence-corrected chi connectivity index (χ2v) is 3.41. The maximum atomic E-state index is 10.3. The summed E-state index contributed by atoms with van der Waals surface area (Å²) in [5.74, 6) is 0. The number of nitrogens with zero attached hydrogens (tertiary/aromatic N) is 1.